The number of aliphatic hydroxyl groups excluding tert-OH is 1. The number of aryl methyl sites for hydroxylation is 1. The summed E-state index contributed by atoms with van der Waals surface area (Å²) >= 11 is 0. The van der Waals surface area contributed by atoms with Crippen molar-refractivity contribution < 1.29 is 9.84 Å². The number of nitrogens with two attached hydrogens (primary N) is 1. The summed E-state index contributed by atoms with van der Waals surface area (Å²) in [5.74, 6) is 1.98. The number of rotatable bonds is 5. The third-order valence-electron chi connectivity index (χ3n) is 6.58. The molecule has 0 spiro atoms. The molecule has 0 saturated heterocycles. The zero-order chi connectivity index (χ0) is 19.6. The van der Waals surface area contributed by atoms with Crippen LogP contribution in [-0.2, 0) is 12.8 Å². The van der Waals surface area contributed by atoms with Crippen molar-refractivity contribution in [1.29, 1.82) is 0 Å². The summed E-state index contributed by atoms with van der Waals surface area (Å²) in [7, 11) is 1.71. The zero-order valence-electron chi connectivity index (χ0n) is 16.7. The summed E-state index contributed by atoms with van der Waals surface area (Å²) in [6, 6.07) is 15.2. The van der Waals surface area contributed by atoms with E-state index in [0.717, 1.165) is 37.9 Å². The number of allylic oxidation sites excluding steroid dienone is 1. The predicted molar refractivity (Wildman–Crippen MR) is 115 cm³/mol. The van der Waals surface area contributed by atoms with E-state index in [1.54, 1.807) is 7.11 Å². The first-order valence-corrected chi connectivity index (χ1v) is 10.4. The molecule has 3 N–H and O–H groups in total. The van der Waals surface area contributed by atoms with Gasteiger partial charge in [0.25, 0.3) is 0 Å². The van der Waals surface area contributed by atoms with Crippen molar-refractivity contribution in [2.45, 2.75) is 50.0 Å². The van der Waals surface area contributed by atoms with Crippen LogP contribution in [0.3, 0.4) is 0 Å². The molecule has 3 heteroatoms. The van der Waals surface area contributed by atoms with E-state index >= 15 is 0 Å². The van der Waals surface area contributed by atoms with Gasteiger partial charge < -0.3 is 15.6 Å². The lowest BCUT2D eigenvalue weighted by Crippen LogP contribution is -2.40. The molecule has 0 aliphatic heterocycles. The molecule has 3 nitrogen and oxygen atoms in total. The molecule has 0 unspecified atom stereocenters. The van der Waals surface area contributed by atoms with Crippen LogP contribution in [0, 0.1) is 5.92 Å². The van der Waals surface area contributed by atoms with Crippen LogP contribution in [0.5, 0.6) is 5.75 Å². The summed E-state index contributed by atoms with van der Waals surface area (Å²) in [6.45, 7) is 0.0930. The van der Waals surface area contributed by atoms with Gasteiger partial charge in [0.1, 0.15) is 5.75 Å². The van der Waals surface area contributed by atoms with Crippen molar-refractivity contribution in [3.8, 4) is 5.75 Å². The van der Waals surface area contributed by atoms with Crippen molar-refractivity contribution in [2.75, 3.05) is 13.7 Å². The van der Waals surface area contributed by atoms with Crippen molar-refractivity contribution in [3.63, 3.8) is 0 Å². The van der Waals surface area contributed by atoms with E-state index in [1.165, 1.54) is 28.7 Å². The van der Waals surface area contributed by atoms with Crippen molar-refractivity contribution >= 4 is 6.08 Å². The number of ether oxygens (including phenoxy) is 1. The lowest BCUT2D eigenvalue weighted by atomic mass is 9.81. The van der Waals surface area contributed by atoms with E-state index in [1.807, 2.05) is 12.1 Å². The second kappa shape index (κ2) is 8.10. The first-order chi connectivity index (χ1) is 13.6. The highest BCUT2D eigenvalue weighted by molar-refractivity contribution is 5.52. The van der Waals surface area contributed by atoms with Gasteiger partial charge in [0.05, 0.1) is 13.7 Å². The van der Waals surface area contributed by atoms with E-state index in [0.29, 0.717) is 11.8 Å². The summed E-state index contributed by atoms with van der Waals surface area (Å²) < 4.78 is 5.31. The maximum Gasteiger partial charge on any atom is 0.119 e. The number of fused-ring (bicyclic) bond motifs is 1. The largest absolute Gasteiger partial charge is 0.497 e. The molecule has 4 rings (SSSR count). The Morgan fingerprint density at radius 2 is 2.07 bits per heavy atom. The van der Waals surface area contributed by atoms with Crippen molar-refractivity contribution in [1.82, 2.24) is 0 Å². The standard InChI is InChI=1S/C25H31NO2/c1-28-24-4-2-3-18(14-24)5-6-19-7-8-21-15-22(10-9-20(21)13-19)23-11-12-25(26,16-23)17-27/h2-6,9-10,14-15,19,23,27H,7-8,11-13,16-17,26H2,1H3/b6-5+/t19-,23+,25-/m1/s1. The highest BCUT2D eigenvalue weighted by Crippen LogP contribution is 2.40. The molecule has 3 atom stereocenters. The Hall–Kier alpha value is -2.10. The van der Waals surface area contributed by atoms with E-state index in [2.05, 4.69) is 42.5 Å². The van der Waals surface area contributed by atoms with Crippen molar-refractivity contribution in [3.05, 3.63) is 70.8 Å². The quantitative estimate of drug-likeness (QED) is 0.808. The normalized spacial score (nSPS) is 27.1. The van der Waals surface area contributed by atoms with Gasteiger partial charge in [-0.15, -0.1) is 0 Å². The number of hydrogen-bond donors (Lipinski definition) is 2. The molecule has 2 aliphatic rings. The third-order valence-corrected chi connectivity index (χ3v) is 6.58. The Balaban J connectivity index is 1.43. The highest BCUT2D eigenvalue weighted by atomic mass is 16.5. The molecule has 148 valence electrons. The zero-order valence-corrected chi connectivity index (χ0v) is 16.7. The third kappa shape index (κ3) is 4.16. The highest BCUT2D eigenvalue weighted by Gasteiger charge is 2.36. The Labute approximate surface area is 168 Å². The lowest BCUT2D eigenvalue weighted by molar-refractivity contribution is 0.198. The molecule has 0 bridgehead atoms. The maximum atomic E-state index is 9.53. The van der Waals surface area contributed by atoms with Gasteiger partial charge in [-0.05, 0) is 84.7 Å². The molecule has 0 heterocycles. The average Bonchev–Trinajstić information content (AvgIpc) is 3.14. The molecular formula is C25H31NO2. The number of benzene rings is 2. The van der Waals surface area contributed by atoms with Crippen molar-refractivity contribution in [2.24, 2.45) is 11.7 Å². The van der Waals surface area contributed by atoms with Crippen LogP contribution >= 0.6 is 0 Å². The fraction of sp³-hybridized carbons (Fsp3) is 0.440. The van der Waals surface area contributed by atoms with E-state index in [4.69, 9.17) is 10.5 Å². The number of hydrogen-bond acceptors (Lipinski definition) is 3. The van der Waals surface area contributed by atoms with Gasteiger partial charge in [-0.1, -0.05) is 42.5 Å². The molecule has 1 fully saturated rings. The van der Waals surface area contributed by atoms with Crippen LogP contribution in [-0.4, -0.2) is 24.4 Å². The topological polar surface area (TPSA) is 55.5 Å². The monoisotopic (exact) mass is 377 g/mol. The first kappa shape index (κ1) is 19.2. The Bertz CT molecular complexity index is 859. The van der Waals surface area contributed by atoms with Gasteiger partial charge in [-0.3, -0.25) is 0 Å². The van der Waals surface area contributed by atoms with Crippen LogP contribution in [0.25, 0.3) is 6.08 Å². The molecule has 0 radical (unpaired) electrons. The molecule has 0 aromatic heterocycles. The maximum absolute atomic E-state index is 9.53. The summed E-state index contributed by atoms with van der Waals surface area (Å²) in [5, 5.41) is 9.53. The van der Waals surface area contributed by atoms with E-state index in [-0.39, 0.29) is 12.1 Å². The summed E-state index contributed by atoms with van der Waals surface area (Å²) in [4.78, 5) is 0. The number of methoxy groups -OCH3 is 1. The van der Waals surface area contributed by atoms with Gasteiger partial charge in [0.15, 0.2) is 0 Å². The predicted octanol–water partition coefficient (Wildman–Crippen LogP) is 4.47. The van der Waals surface area contributed by atoms with Crippen LogP contribution in [0.15, 0.2) is 48.5 Å². The van der Waals surface area contributed by atoms with Gasteiger partial charge >= 0.3 is 0 Å². The van der Waals surface area contributed by atoms with E-state index < -0.39 is 0 Å². The smallest absolute Gasteiger partial charge is 0.119 e. The Morgan fingerprint density at radius 1 is 1.18 bits per heavy atom. The first-order valence-electron chi connectivity index (χ1n) is 10.4. The summed E-state index contributed by atoms with van der Waals surface area (Å²) in [6.07, 6.45) is 10.9. The van der Waals surface area contributed by atoms with Crippen LogP contribution < -0.4 is 10.5 Å². The summed E-state index contributed by atoms with van der Waals surface area (Å²) in [5.41, 5.74) is 11.5. The fourth-order valence-electron chi connectivity index (χ4n) is 4.80. The van der Waals surface area contributed by atoms with Gasteiger partial charge in [-0.2, -0.15) is 0 Å². The molecule has 1 saturated carbocycles. The van der Waals surface area contributed by atoms with Crippen LogP contribution in [0.1, 0.15) is 53.9 Å². The SMILES string of the molecule is COc1cccc(/C=C/[C@@H]2CCc3cc([C@H]4CC[C@](N)(CO)C4)ccc3C2)c1. The molecular weight excluding hydrogens is 346 g/mol. The minimum atomic E-state index is -0.378. The molecule has 2 aromatic rings. The van der Waals surface area contributed by atoms with E-state index in [9.17, 15) is 5.11 Å². The lowest BCUT2D eigenvalue weighted by Gasteiger charge is -2.25. The van der Waals surface area contributed by atoms with Crippen LogP contribution in [0.4, 0.5) is 0 Å². The Kier molecular flexibility index (Phi) is 5.56. The van der Waals surface area contributed by atoms with Crippen LogP contribution in [0.2, 0.25) is 0 Å². The van der Waals surface area contributed by atoms with Gasteiger partial charge in [-0.25, -0.2) is 0 Å². The molecule has 28 heavy (non-hydrogen) atoms. The average molecular weight is 378 g/mol. The number of aliphatic hydroxyl groups is 1. The second-order valence-corrected chi connectivity index (χ2v) is 8.63. The molecule has 2 aliphatic carbocycles. The minimum Gasteiger partial charge on any atom is -0.497 e. The fourth-order valence-corrected chi connectivity index (χ4v) is 4.80. The molecule has 0 amide bonds. The van der Waals surface area contributed by atoms with Gasteiger partial charge in [0.2, 0.25) is 0 Å². The molecule has 2 aromatic carbocycles. The Morgan fingerprint density at radius 3 is 2.86 bits per heavy atom. The minimum absolute atomic E-state index is 0.0930. The van der Waals surface area contributed by atoms with Gasteiger partial charge in [0, 0.05) is 5.54 Å². The second-order valence-electron chi connectivity index (χ2n) is 8.63.